The molecule has 0 saturated carbocycles. The lowest BCUT2D eigenvalue weighted by Gasteiger charge is -2.18. The standard InChI is InChI=1S/C24H21N3O4/c1-15-7-8-17(11-22(15)28)24(31)26-18-9-10-19-21(12-18)27(14-25-19)20(13-23(29)30)16-5-3-2-4-6-16/h2-12,14,20,28H,13H2,1H3,(H,26,31)(H,29,30). The fraction of sp³-hybridized carbons (Fsp3) is 0.125. The van der Waals surface area contributed by atoms with Crippen molar-refractivity contribution in [3.63, 3.8) is 0 Å². The number of imidazole rings is 1. The van der Waals surface area contributed by atoms with Gasteiger partial charge in [0.1, 0.15) is 5.75 Å². The average molecular weight is 415 g/mol. The van der Waals surface area contributed by atoms with E-state index in [9.17, 15) is 19.8 Å². The first-order valence-electron chi connectivity index (χ1n) is 9.76. The van der Waals surface area contributed by atoms with Gasteiger partial charge in [-0.2, -0.15) is 0 Å². The quantitative estimate of drug-likeness (QED) is 0.434. The maximum atomic E-state index is 12.6. The first kappa shape index (κ1) is 20.2. The molecule has 1 amide bonds. The second kappa shape index (κ2) is 8.31. The molecule has 0 bridgehead atoms. The van der Waals surface area contributed by atoms with Crippen LogP contribution < -0.4 is 5.32 Å². The van der Waals surface area contributed by atoms with Crippen LogP contribution in [0.1, 0.15) is 33.9 Å². The van der Waals surface area contributed by atoms with Crippen molar-refractivity contribution >= 4 is 28.6 Å². The Morgan fingerprint density at radius 2 is 1.84 bits per heavy atom. The summed E-state index contributed by atoms with van der Waals surface area (Å²) >= 11 is 0. The number of nitrogens with zero attached hydrogens (tertiary/aromatic N) is 2. The van der Waals surface area contributed by atoms with Crippen LogP contribution in [-0.2, 0) is 4.79 Å². The fourth-order valence-electron chi connectivity index (χ4n) is 3.52. The molecule has 31 heavy (non-hydrogen) atoms. The van der Waals surface area contributed by atoms with E-state index in [1.54, 1.807) is 43.6 Å². The summed E-state index contributed by atoms with van der Waals surface area (Å²) in [5, 5.41) is 22.1. The Balaban J connectivity index is 1.69. The molecule has 0 radical (unpaired) electrons. The first-order valence-corrected chi connectivity index (χ1v) is 9.76. The molecule has 4 rings (SSSR count). The number of rotatable bonds is 6. The number of anilines is 1. The molecule has 0 aliphatic heterocycles. The third-order valence-corrected chi connectivity index (χ3v) is 5.19. The van der Waals surface area contributed by atoms with Gasteiger partial charge in [0, 0.05) is 11.3 Å². The van der Waals surface area contributed by atoms with Crippen molar-refractivity contribution in [2.75, 3.05) is 5.32 Å². The van der Waals surface area contributed by atoms with Crippen LogP contribution >= 0.6 is 0 Å². The first-order chi connectivity index (χ1) is 14.9. The smallest absolute Gasteiger partial charge is 0.305 e. The van der Waals surface area contributed by atoms with Crippen LogP contribution in [0.3, 0.4) is 0 Å². The topological polar surface area (TPSA) is 104 Å². The van der Waals surface area contributed by atoms with E-state index in [0.29, 0.717) is 27.8 Å². The van der Waals surface area contributed by atoms with Crippen molar-refractivity contribution < 1.29 is 19.8 Å². The van der Waals surface area contributed by atoms with Gasteiger partial charge in [-0.15, -0.1) is 0 Å². The van der Waals surface area contributed by atoms with Crippen LogP contribution in [-0.4, -0.2) is 31.6 Å². The van der Waals surface area contributed by atoms with Crippen molar-refractivity contribution in [2.45, 2.75) is 19.4 Å². The van der Waals surface area contributed by atoms with E-state index in [4.69, 9.17) is 0 Å². The van der Waals surface area contributed by atoms with Crippen molar-refractivity contribution in [3.8, 4) is 5.75 Å². The van der Waals surface area contributed by atoms with Crippen molar-refractivity contribution in [2.24, 2.45) is 0 Å². The van der Waals surface area contributed by atoms with Crippen LogP contribution in [0, 0.1) is 6.92 Å². The van der Waals surface area contributed by atoms with Crippen LogP contribution in [0.2, 0.25) is 0 Å². The molecule has 7 nitrogen and oxygen atoms in total. The predicted octanol–water partition coefficient (Wildman–Crippen LogP) is 4.37. The van der Waals surface area contributed by atoms with Crippen molar-refractivity contribution in [1.82, 2.24) is 9.55 Å². The van der Waals surface area contributed by atoms with Gasteiger partial charge in [0.05, 0.1) is 29.8 Å². The van der Waals surface area contributed by atoms with E-state index in [1.807, 2.05) is 34.9 Å². The van der Waals surface area contributed by atoms with Crippen molar-refractivity contribution in [3.05, 3.63) is 89.7 Å². The summed E-state index contributed by atoms with van der Waals surface area (Å²) in [5.41, 5.74) is 3.82. The van der Waals surface area contributed by atoms with E-state index < -0.39 is 12.0 Å². The lowest BCUT2D eigenvalue weighted by atomic mass is 10.0. The monoisotopic (exact) mass is 415 g/mol. The van der Waals surface area contributed by atoms with Crippen LogP contribution in [0.4, 0.5) is 5.69 Å². The summed E-state index contributed by atoms with van der Waals surface area (Å²) in [4.78, 5) is 28.5. The molecular weight excluding hydrogens is 394 g/mol. The van der Waals surface area contributed by atoms with Crippen LogP contribution in [0.5, 0.6) is 5.75 Å². The lowest BCUT2D eigenvalue weighted by molar-refractivity contribution is -0.137. The SMILES string of the molecule is Cc1ccc(C(=O)Nc2ccc3ncn(C(CC(=O)O)c4ccccc4)c3c2)cc1O. The number of amides is 1. The van der Waals surface area contributed by atoms with Gasteiger partial charge >= 0.3 is 5.97 Å². The molecule has 1 atom stereocenters. The van der Waals surface area contributed by atoms with Crippen LogP contribution in [0.25, 0.3) is 11.0 Å². The van der Waals surface area contributed by atoms with E-state index in [-0.39, 0.29) is 18.1 Å². The summed E-state index contributed by atoms with van der Waals surface area (Å²) in [5.74, 6) is -1.22. The number of hydrogen-bond acceptors (Lipinski definition) is 4. The molecule has 4 aromatic rings. The summed E-state index contributed by atoms with van der Waals surface area (Å²) in [6.07, 6.45) is 1.52. The minimum absolute atomic E-state index is 0.0561. The Morgan fingerprint density at radius 3 is 2.55 bits per heavy atom. The summed E-state index contributed by atoms with van der Waals surface area (Å²) in [6.45, 7) is 1.76. The third-order valence-electron chi connectivity index (χ3n) is 5.19. The molecule has 0 saturated heterocycles. The number of carboxylic acid groups (broad SMARTS) is 1. The van der Waals surface area contributed by atoms with Gasteiger partial charge in [0.15, 0.2) is 0 Å². The number of carboxylic acids is 1. The normalized spacial score (nSPS) is 11.9. The summed E-state index contributed by atoms with van der Waals surface area (Å²) in [7, 11) is 0. The molecule has 0 aliphatic carbocycles. The highest BCUT2D eigenvalue weighted by Gasteiger charge is 2.20. The number of carbonyl (C=O) groups excluding carboxylic acids is 1. The highest BCUT2D eigenvalue weighted by Crippen LogP contribution is 2.28. The van der Waals surface area contributed by atoms with Gasteiger partial charge in [0.2, 0.25) is 0 Å². The Bertz CT molecular complexity index is 1260. The molecule has 7 heteroatoms. The number of aromatic hydroxyl groups is 1. The maximum Gasteiger partial charge on any atom is 0.305 e. The van der Waals surface area contributed by atoms with E-state index >= 15 is 0 Å². The zero-order chi connectivity index (χ0) is 22.0. The fourth-order valence-corrected chi connectivity index (χ4v) is 3.52. The average Bonchev–Trinajstić information content (AvgIpc) is 3.17. The number of aliphatic carboxylic acids is 1. The largest absolute Gasteiger partial charge is 0.508 e. The minimum atomic E-state index is -0.917. The maximum absolute atomic E-state index is 12.6. The molecule has 156 valence electrons. The van der Waals surface area contributed by atoms with Crippen LogP contribution in [0.15, 0.2) is 73.1 Å². The van der Waals surface area contributed by atoms with E-state index in [1.165, 1.54) is 6.07 Å². The summed E-state index contributed by atoms with van der Waals surface area (Å²) in [6, 6.07) is 19.0. The van der Waals surface area contributed by atoms with Gasteiger partial charge in [-0.1, -0.05) is 36.4 Å². The number of aryl methyl sites for hydroxylation is 1. The van der Waals surface area contributed by atoms with E-state index in [2.05, 4.69) is 10.3 Å². The predicted molar refractivity (Wildman–Crippen MR) is 117 cm³/mol. The molecular formula is C24H21N3O4. The number of aromatic nitrogens is 2. The number of nitrogens with one attached hydrogen (secondary N) is 1. The second-order valence-electron chi connectivity index (χ2n) is 7.34. The number of phenols is 1. The zero-order valence-corrected chi connectivity index (χ0v) is 16.8. The lowest BCUT2D eigenvalue weighted by Crippen LogP contribution is -2.15. The molecule has 1 aromatic heterocycles. The molecule has 0 aliphatic rings. The van der Waals surface area contributed by atoms with Crippen molar-refractivity contribution in [1.29, 1.82) is 0 Å². The number of benzene rings is 3. The summed E-state index contributed by atoms with van der Waals surface area (Å²) < 4.78 is 1.81. The number of hydrogen-bond donors (Lipinski definition) is 3. The Labute approximate surface area is 178 Å². The van der Waals surface area contributed by atoms with Gasteiger partial charge in [-0.05, 0) is 48.4 Å². The van der Waals surface area contributed by atoms with Gasteiger partial charge in [-0.25, -0.2) is 4.98 Å². The molecule has 1 heterocycles. The van der Waals surface area contributed by atoms with E-state index in [0.717, 1.165) is 5.56 Å². The number of phenolic OH excluding ortho intramolecular Hbond substituents is 1. The highest BCUT2D eigenvalue weighted by molar-refractivity contribution is 6.05. The Hall–Kier alpha value is -4.13. The van der Waals surface area contributed by atoms with Gasteiger partial charge in [0.25, 0.3) is 5.91 Å². The second-order valence-corrected chi connectivity index (χ2v) is 7.34. The molecule has 1 unspecified atom stereocenters. The Kier molecular flexibility index (Phi) is 5.41. The third kappa shape index (κ3) is 4.25. The highest BCUT2D eigenvalue weighted by atomic mass is 16.4. The molecule has 0 spiro atoms. The number of fused-ring (bicyclic) bond motifs is 1. The molecule has 0 fully saturated rings. The minimum Gasteiger partial charge on any atom is -0.508 e. The molecule has 3 N–H and O–H groups in total. The van der Waals surface area contributed by atoms with Gasteiger partial charge < -0.3 is 20.1 Å². The van der Waals surface area contributed by atoms with Gasteiger partial charge in [-0.3, -0.25) is 9.59 Å². The number of carbonyl (C=O) groups is 2. The zero-order valence-electron chi connectivity index (χ0n) is 16.8. The Morgan fingerprint density at radius 1 is 1.06 bits per heavy atom. The molecule has 3 aromatic carbocycles.